The average molecular weight is 262 g/mol. The Kier molecular flexibility index (Phi) is 5.52. The van der Waals surface area contributed by atoms with Gasteiger partial charge in [-0.3, -0.25) is 0 Å². The summed E-state index contributed by atoms with van der Waals surface area (Å²) in [7, 11) is 2.22. The van der Waals surface area contributed by atoms with Crippen molar-refractivity contribution in [1.29, 1.82) is 0 Å². The molecule has 0 fully saturated rings. The highest BCUT2D eigenvalue weighted by atomic mass is 16.5. The molecule has 19 heavy (non-hydrogen) atoms. The minimum absolute atomic E-state index is 0.772. The van der Waals surface area contributed by atoms with E-state index in [0.717, 1.165) is 31.0 Å². The van der Waals surface area contributed by atoms with Crippen molar-refractivity contribution in [1.82, 2.24) is 4.90 Å². The van der Waals surface area contributed by atoms with Crippen LogP contribution in [-0.2, 0) is 6.42 Å². The molecule has 0 radical (unpaired) electrons. The molecule has 0 spiro atoms. The van der Waals surface area contributed by atoms with Crippen molar-refractivity contribution in [3.8, 4) is 5.75 Å². The van der Waals surface area contributed by atoms with Crippen LogP contribution in [0.4, 0.5) is 5.69 Å². The summed E-state index contributed by atoms with van der Waals surface area (Å²) in [6, 6.07) is 6.52. The molecular formula is C16H26N2O. The molecule has 0 saturated heterocycles. The van der Waals surface area contributed by atoms with Crippen molar-refractivity contribution >= 4 is 5.69 Å². The molecule has 106 valence electrons. The van der Waals surface area contributed by atoms with E-state index in [1.165, 1.54) is 37.9 Å². The van der Waals surface area contributed by atoms with Gasteiger partial charge in [0.25, 0.3) is 0 Å². The molecule has 0 bridgehead atoms. The Morgan fingerprint density at radius 3 is 2.95 bits per heavy atom. The van der Waals surface area contributed by atoms with E-state index in [2.05, 4.69) is 42.4 Å². The number of nitrogens with zero attached hydrogens (tertiary/aromatic N) is 1. The van der Waals surface area contributed by atoms with Crippen molar-refractivity contribution in [2.75, 3.05) is 38.6 Å². The Morgan fingerprint density at radius 1 is 1.26 bits per heavy atom. The fourth-order valence-corrected chi connectivity index (χ4v) is 2.44. The molecule has 0 amide bonds. The van der Waals surface area contributed by atoms with Gasteiger partial charge in [0.2, 0.25) is 0 Å². The quantitative estimate of drug-likeness (QED) is 0.817. The van der Waals surface area contributed by atoms with Crippen molar-refractivity contribution < 1.29 is 4.74 Å². The Labute approximate surface area is 116 Å². The van der Waals surface area contributed by atoms with Crippen molar-refractivity contribution in [2.24, 2.45) is 0 Å². The van der Waals surface area contributed by atoms with Crippen LogP contribution in [0.15, 0.2) is 18.2 Å². The smallest absolute Gasteiger partial charge is 0.142 e. The topological polar surface area (TPSA) is 24.5 Å². The molecule has 1 heterocycles. The first kappa shape index (κ1) is 14.2. The number of unbranched alkanes of at least 4 members (excludes halogenated alkanes) is 1. The zero-order chi connectivity index (χ0) is 13.5. The van der Waals surface area contributed by atoms with Gasteiger partial charge in [0, 0.05) is 6.54 Å². The number of ether oxygens (including phenoxy) is 1. The van der Waals surface area contributed by atoms with Crippen LogP contribution in [0.2, 0.25) is 0 Å². The third-order valence-corrected chi connectivity index (χ3v) is 3.62. The fourth-order valence-electron chi connectivity index (χ4n) is 2.44. The fraction of sp³-hybridized carbons (Fsp3) is 0.625. The predicted molar refractivity (Wildman–Crippen MR) is 81.2 cm³/mol. The van der Waals surface area contributed by atoms with Gasteiger partial charge < -0.3 is 15.0 Å². The van der Waals surface area contributed by atoms with Gasteiger partial charge >= 0.3 is 0 Å². The maximum atomic E-state index is 5.59. The molecule has 2 rings (SSSR count). The van der Waals surface area contributed by atoms with Gasteiger partial charge in [-0.25, -0.2) is 0 Å². The normalized spacial score (nSPS) is 13.8. The lowest BCUT2D eigenvalue weighted by atomic mass is 10.1. The summed E-state index contributed by atoms with van der Waals surface area (Å²) in [5, 5.41) is 3.39. The zero-order valence-electron chi connectivity index (χ0n) is 12.2. The summed E-state index contributed by atoms with van der Waals surface area (Å²) in [6.07, 6.45) is 4.95. The first-order chi connectivity index (χ1) is 9.29. The van der Waals surface area contributed by atoms with Gasteiger partial charge in [0.1, 0.15) is 12.4 Å². The van der Waals surface area contributed by atoms with E-state index in [0.29, 0.717) is 0 Å². The van der Waals surface area contributed by atoms with Crippen molar-refractivity contribution in [3.63, 3.8) is 0 Å². The van der Waals surface area contributed by atoms with E-state index in [9.17, 15) is 0 Å². The Balaban J connectivity index is 1.77. The standard InChI is InChI=1S/C16H26N2O/c1-3-4-10-18(2)11-5-6-14-7-8-16-15(13-14)17-9-12-19-16/h7-8,13,17H,3-6,9-12H2,1-2H3. The minimum Gasteiger partial charge on any atom is -0.490 e. The van der Waals surface area contributed by atoms with Gasteiger partial charge in [-0.15, -0.1) is 0 Å². The van der Waals surface area contributed by atoms with E-state index < -0.39 is 0 Å². The summed E-state index contributed by atoms with van der Waals surface area (Å²) in [5.41, 5.74) is 2.56. The number of rotatable bonds is 7. The van der Waals surface area contributed by atoms with Crippen LogP contribution >= 0.6 is 0 Å². The van der Waals surface area contributed by atoms with E-state index in [4.69, 9.17) is 4.74 Å². The zero-order valence-corrected chi connectivity index (χ0v) is 12.2. The van der Waals surface area contributed by atoms with Gasteiger partial charge in [-0.05, 0) is 57.1 Å². The molecule has 0 aromatic heterocycles. The second-order valence-corrected chi connectivity index (χ2v) is 5.37. The van der Waals surface area contributed by atoms with Gasteiger partial charge in [-0.1, -0.05) is 19.4 Å². The van der Waals surface area contributed by atoms with Crippen LogP contribution in [0.25, 0.3) is 0 Å². The summed E-state index contributed by atoms with van der Waals surface area (Å²) >= 11 is 0. The van der Waals surface area contributed by atoms with Gasteiger partial charge in [0.15, 0.2) is 0 Å². The number of fused-ring (bicyclic) bond motifs is 1. The highest BCUT2D eigenvalue weighted by molar-refractivity contribution is 5.59. The lowest BCUT2D eigenvalue weighted by molar-refractivity contribution is 0.321. The third-order valence-electron chi connectivity index (χ3n) is 3.62. The largest absolute Gasteiger partial charge is 0.490 e. The van der Waals surface area contributed by atoms with E-state index >= 15 is 0 Å². The van der Waals surface area contributed by atoms with Crippen molar-refractivity contribution in [2.45, 2.75) is 32.6 Å². The lowest BCUT2D eigenvalue weighted by Gasteiger charge is -2.20. The third kappa shape index (κ3) is 4.43. The summed E-state index contributed by atoms with van der Waals surface area (Å²) < 4.78 is 5.59. The molecule has 0 unspecified atom stereocenters. The summed E-state index contributed by atoms with van der Waals surface area (Å²) in [5.74, 6) is 0.995. The van der Waals surface area contributed by atoms with E-state index in [1.54, 1.807) is 0 Å². The highest BCUT2D eigenvalue weighted by Crippen LogP contribution is 2.28. The number of nitrogens with one attached hydrogen (secondary N) is 1. The summed E-state index contributed by atoms with van der Waals surface area (Å²) in [6.45, 7) is 6.33. The van der Waals surface area contributed by atoms with E-state index in [-0.39, 0.29) is 0 Å². The molecule has 0 aliphatic carbocycles. The molecule has 0 saturated carbocycles. The first-order valence-corrected chi connectivity index (χ1v) is 7.47. The molecule has 1 aromatic carbocycles. The molecular weight excluding hydrogens is 236 g/mol. The Morgan fingerprint density at radius 2 is 2.11 bits per heavy atom. The first-order valence-electron chi connectivity index (χ1n) is 7.47. The molecule has 1 aromatic rings. The monoisotopic (exact) mass is 262 g/mol. The SMILES string of the molecule is CCCCN(C)CCCc1ccc2c(c1)NCCO2. The number of hydrogen-bond acceptors (Lipinski definition) is 3. The second kappa shape index (κ2) is 7.39. The maximum absolute atomic E-state index is 5.59. The van der Waals surface area contributed by atoms with Crippen LogP contribution in [0, 0.1) is 0 Å². The van der Waals surface area contributed by atoms with Crippen LogP contribution < -0.4 is 10.1 Å². The van der Waals surface area contributed by atoms with Crippen LogP contribution in [0.1, 0.15) is 31.7 Å². The molecule has 1 N–H and O–H groups in total. The molecule has 3 nitrogen and oxygen atoms in total. The van der Waals surface area contributed by atoms with Crippen LogP contribution in [-0.4, -0.2) is 38.2 Å². The molecule has 1 aliphatic heterocycles. The predicted octanol–water partition coefficient (Wildman–Crippen LogP) is 3.16. The van der Waals surface area contributed by atoms with Gasteiger partial charge in [-0.2, -0.15) is 0 Å². The number of benzene rings is 1. The number of anilines is 1. The van der Waals surface area contributed by atoms with E-state index in [1.807, 2.05) is 0 Å². The summed E-state index contributed by atoms with van der Waals surface area (Å²) in [4.78, 5) is 2.43. The van der Waals surface area contributed by atoms with Crippen LogP contribution in [0.3, 0.4) is 0 Å². The Bertz CT molecular complexity index is 392. The maximum Gasteiger partial charge on any atom is 0.142 e. The average Bonchev–Trinajstić information content (AvgIpc) is 2.45. The Hall–Kier alpha value is -1.22. The number of hydrogen-bond donors (Lipinski definition) is 1. The molecule has 3 heteroatoms. The second-order valence-electron chi connectivity index (χ2n) is 5.37. The lowest BCUT2D eigenvalue weighted by Crippen LogP contribution is -2.21. The van der Waals surface area contributed by atoms with Gasteiger partial charge in [0.05, 0.1) is 5.69 Å². The highest BCUT2D eigenvalue weighted by Gasteiger charge is 2.09. The van der Waals surface area contributed by atoms with Crippen molar-refractivity contribution in [3.05, 3.63) is 23.8 Å². The minimum atomic E-state index is 0.772. The van der Waals surface area contributed by atoms with Crippen LogP contribution in [0.5, 0.6) is 5.75 Å². The number of aryl methyl sites for hydroxylation is 1. The molecule has 1 aliphatic rings. The molecule has 0 atom stereocenters.